The van der Waals surface area contributed by atoms with Crippen LogP contribution in [0.4, 0.5) is 0 Å². The van der Waals surface area contributed by atoms with Crippen molar-refractivity contribution in [2.45, 2.75) is 26.3 Å². The normalized spacial score (nSPS) is 23.6. The quantitative estimate of drug-likeness (QED) is 0.899. The van der Waals surface area contributed by atoms with E-state index in [-0.39, 0.29) is 18.3 Å². The fourth-order valence-electron chi connectivity index (χ4n) is 2.29. The van der Waals surface area contributed by atoms with E-state index in [1.807, 2.05) is 24.0 Å². The van der Waals surface area contributed by atoms with Crippen LogP contribution < -0.4 is 5.73 Å². The number of carbonyl (C=O) groups is 1. The molecule has 0 spiro atoms. The molecule has 0 aliphatic carbocycles. The first kappa shape index (κ1) is 14.5. The molecule has 96 valence electrons. The SMILES string of the molecule is Cc1ccc(C(=O)N2CC(CN)CC2C)s1.Cl. The fraction of sp³-hybridized carbons (Fsp3) is 0.583. The van der Waals surface area contributed by atoms with Crippen LogP contribution in [0.15, 0.2) is 12.1 Å². The van der Waals surface area contributed by atoms with Crippen molar-refractivity contribution in [2.24, 2.45) is 11.7 Å². The molecule has 0 radical (unpaired) electrons. The van der Waals surface area contributed by atoms with Gasteiger partial charge in [-0.05, 0) is 44.9 Å². The number of halogens is 1. The van der Waals surface area contributed by atoms with Gasteiger partial charge in [0.25, 0.3) is 5.91 Å². The monoisotopic (exact) mass is 274 g/mol. The lowest BCUT2D eigenvalue weighted by Crippen LogP contribution is -2.33. The second-order valence-electron chi connectivity index (χ2n) is 4.55. The average Bonchev–Trinajstić information content (AvgIpc) is 2.83. The zero-order valence-electron chi connectivity index (χ0n) is 10.2. The number of thiophene rings is 1. The molecule has 0 bridgehead atoms. The van der Waals surface area contributed by atoms with Crippen molar-refractivity contribution < 1.29 is 4.79 Å². The van der Waals surface area contributed by atoms with E-state index in [1.165, 1.54) is 4.88 Å². The molecule has 0 aromatic carbocycles. The van der Waals surface area contributed by atoms with E-state index in [1.54, 1.807) is 11.3 Å². The summed E-state index contributed by atoms with van der Waals surface area (Å²) in [5.74, 6) is 0.640. The van der Waals surface area contributed by atoms with Crippen molar-refractivity contribution in [3.05, 3.63) is 21.9 Å². The summed E-state index contributed by atoms with van der Waals surface area (Å²) < 4.78 is 0. The number of nitrogens with zero attached hydrogens (tertiary/aromatic N) is 1. The number of nitrogens with two attached hydrogens (primary N) is 1. The first-order valence-electron chi connectivity index (χ1n) is 5.69. The lowest BCUT2D eigenvalue weighted by Gasteiger charge is -2.20. The molecule has 1 aromatic rings. The molecule has 2 rings (SSSR count). The molecule has 5 heteroatoms. The van der Waals surface area contributed by atoms with Gasteiger partial charge < -0.3 is 10.6 Å². The standard InChI is InChI=1S/C12H18N2OS.ClH/c1-8-5-10(6-13)7-14(8)12(15)11-4-3-9(2)16-11;/h3-4,8,10H,5-7,13H2,1-2H3;1H. The van der Waals surface area contributed by atoms with E-state index >= 15 is 0 Å². The van der Waals surface area contributed by atoms with Crippen LogP contribution in [0.3, 0.4) is 0 Å². The number of aryl methyl sites for hydroxylation is 1. The zero-order chi connectivity index (χ0) is 11.7. The highest BCUT2D eigenvalue weighted by Gasteiger charge is 2.32. The number of hydrogen-bond donors (Lipinski definition) is 1. The van der Waals surface area contributed by atoms with Gasteiger partial charge in [-0.15, -0.1) is 23.7 Å². The molecule has 1 aliphatic heterocycles. The van der Waals surface area contributed by atoms with E-state index < -0.39 is 0 Å². The maximum atomic E-state index is 12.2. The Morgan fingerprint density at radius 3 is 2.76 bits per heavy atom. The minimum atomic E-state index is 0. The highest BCUT2D eigenvalue weighted by Crippen LogP contribution is 2.26. The maximum absolute atomic E-state index is 12.2. The number of hydrogen-bond acceptors (Lipinski definition) is 3. The first-order valence-corrected chi connectivity index (χ1v) is 6.51. The van der Waals surface area contributed by atoms with Crippen LogP contribution in [0.1, 0.15) is 27.9 Å². The summed E-state index contributed by atoms with van der Waals surface area (Å²) in [5.41, 5.74) is 5.67. The van der Waals surface area contributed by atoms with Crippen molar-refractivity contribution in [1.29, 1.82) is 0 Å². The molecule has 1 amide bonds. The van der Waals surface area contributed by atoms with Crippen LogP contribution in [-0.2, 0) is 0 Å². The van der Waals surface area contributed by atoms with Gasteiger partial charge in [-0.1, -0.05) is 0 Å². The van der Waals surface area contributed by atoms with Crippen molar-refractivity contribution in [2.75, 3.05) is 13.1 Å². The van der Waals surface area contributed by atoms with E-state index in [4.69, 9.17) is 5.73 Å². The molecule has 17 heavy (non-hydrogen) atoms. The molecular weight excluding hydrogens is 256 g/mol. The van der Waals surface area contributed by atoms with Crippen LogP contribution >= 0.6 is 23.7 Å². The summed E-state index contributed by atoms with van der Waals surface area (Å²) in [6.45, 7) is 5.62. The van der Waals surface area contributed by atoms with E-state index in [9.17, 15) is 4.79 Å². The van der Waals surface area contributed by atoms with E-state index in [0.29, 0.717) is 18.5 Å². The summed E-state index contributed by atoms with van der Waals surface area (Å²) in [6, 6.07) is 4.24. The predicted octanol–water partition coefficient (Wildman–Crippen LogP) is 2.29. The Kier molecular flexibility index (Phi) is 4.98. The third-order valence-corrected chi connectivity index (χ3v) is 4.20. The predicted molar refractivity (Wildman–Crippen MR) is 74.0 cm³/mol. The van der Waals surface area contributed by atoms with Gasteiger partial charge in [-0.3, -0.25) is 4.79 Å². The van der Waals surface area contributed by atoms with E-state index in [0.717, 1.165) is 17.8 Å². The Balaban J connectivity index is 0.00000144. The van der Waals surface area contributed by atoms with Crippen LogP contribution in [-0.4, -0.2) is 29.9 Å². The Hall–Kier alpha value is -0.580. The summed E-state index contributed by atoms with van der Waals surface area (Å²) in [7, 11) is 0. The van der Waals surface area contributed by atoms with Crippen LogP contribution in [0.5, 0.6) is 0 Å². The first-order chi connectivity index (χ1) is 7.61. The number of rotatable bonds is 2. The Morgan fingerprint density at radius 1 is 1.59 bits per heavy atom. The van der Waals surface area contributed by atoms with Crippen LogP contribution in [0, 0.1) is 12.8 Å². The zero-order valence-corrected chi connectivity index (χ0v) is 11.8. The molecule has 1 fully saturated rings. The smallest absolute Gasteiger partial charge is 0.264 e. The minimum absolute atomic E-state index is 0. The maximum Gasteiger partial charge on any atom is 0.264 e. The van der Waals surface area contributed by atoms with Crippen LogP contribution in [0.2, 0.25) is 0 Å². The number of amides is 1. The molecule has 2 atom stereocenters. The Morgan fingerprint density at radius 2 is 2.29 bits per heavy atom. The van der Waals surface area contributed by atoms with Gasteiger partial charge in [0, 0.05) is 17.5 Å². The summed E-state index contributed by atoms with van der Waals surface area (Å²) >= 11 is 1.57. The number of likely N-dealkylation sites (tertiary alicyclic amines) is 1. The van der Waals surface area contributed by atoms with Gasteiger partial charge in [0.15, 0.2) is 0 Å². The lowest BCUT2D eigenvalue weighted by atomic mass is 10.1. The largest absolute Gasteiger partial charge is 0.335 e. The lowest BCUT2D eigenvalue weighted by molar-refractivity contribution is 0.0748. The van der Waals surface area contributed by atoms with Gasteiger partial charge in [0.05, 0.1) is 4.88 Å². The molecule has 2 unspecified atom stereocenters. The van der Waals surface area contributed by atoms with E-state index in [2.05, 4.69) is 6.92 Å². The summed E-state index contributed by atoms with van der Waals surface area (Å²) in [4.78, 5) is 16.2. The molecule has 0 saturated carbocycles. The van der Waals surface area contributed by atoms with Crippen molar-refractivity contribution >= 4 is 29.7 Å². The molecule has 1 aliphatic rings. The average molecular weight is 275 g/mol. The van der Waals surface area contributed by atoms with Gasteiger partial charge in [0.1, 0.15) is 0 Å². The number of carbonyl (C=O) groups excluding carboxylic acids is 1. The molecule has 3 nitrogen and oxygen atoms in total. The molecule has 1 saturated heterocycles. The van der Waals surface area contributed by atoms with Gasteiger partial charge in [-0.2, -0.15) is 0 Å². The molecule has 2 heterocycles. The van der Waals surface area contributed by atoms with Gasteiger partial charge in [-0.25, -0.2) is 0 Å². The topological polar surface area (TPSA) is 46.3 Å². The van der Waals surface area contributed by atoms with Gasteiger partial charge in [0.2, 0.25) is 0 Å². The highest BCUT2D eigenvalue weighted by atomic mass is 35.5. The third-order valence-electron chi connectivity index (χ3n) is 3.21. The fourth-order valence-corrected chi connectivity index (χ4v) is 3.11. The second kappa shape index (κ2) is 5.85. The summed E-state index contributed by atoms with van der Waals surface area (Å²) in [6.07, 6.45) is 1.03. The Bertz CT molecular complexity index is 394. The third kappa shape index (κ3) is 3.00. The molecule has 1 aromatic heterocycles. The van der Waals surface area contributed by atoms with Crippen molar-refractivity contribution in [3.63, 3.8) is 0 Å². The Labute approximate surface area is 112 Å². The van der Waals surface area contributed by atoms with Crippen molar-refractivity contribution in [1.82, 2.24) is 4.90 Å². The van der Waals surface area contributed by atoms with Gasteiger partial charge >= 0.3 is 0 Å². The summed E-state index contributed by atoms with van der Waals surface area (Å²) in [5, 5.41) is 0. The molecule has 2 N–H and O–H groups in total. The highest BCUT2D eigenvalue weighted by molar-refractivity contribution is 7.13. The second-order valence-corrected chi connectivity index (χ2v) is 5.84. The van der Waals surface area contributed by atoms with Crippen molar-refractivity contribution in [3.8, 4) is 0 Å². The molecular formula is C12H19ClN2OS. The minimum Gasteiger partial charge on any atom is -0.335 e. The van der Waals surface area contributed by atoms with Crippen LogP contribution in [0.25, 0.3) is 0 Å².